The van der Waals surface area contributed by atoms with Gasteiger partial charge in [-0.3, -0.25) is 14.4 Å². The predicted octanol–water partition coefficient (Wildman–Crippen LogP) is 2.12. The van der Waals surface area contributed by atoms with Gasteiger partial charge < -0.3 is 9.47 Å². The number of fused-ring (bicyclic) bond motifs is 1. The highest BCUT2D eigenvalue weighted by molar-refractivity contribution is 9.09. The van der Waals surface area contributed by atoms with Crippen LogP contribution in [0.1, 0.15) is 16.8 Å². The number of hydrogen-bond acceptors (Lipinski definition) is 5. The summed E-state index contributed by atoms with van der Waals surface area (Å²) in [7, 11) is 0. The first-order valence-corrected chi connectivity index (χ1v) is 8.69. The van der Waals surface area contributed by atoms with E-state index in [0.717, 1.165) is 6.42 Å². The number of ether oxygens (including phenoxy) is 2. The molecular weight excluding hydrogens is 383 g/mol. The summed E-state index contributed by atoms with van der Waals surface area (Å²) in [4.78, 5) is 36.4. The van der Waals surface area contributed by atoms with Crippen molar-refractivity contribution in [2.45, 2.75) is 17.4 Å². The van der Waals surface area contributed by atoms with Crippen molar-refractivity contribution >= 4 is 33.7 Å². The summed E-state index contributed by atoms with van der Waals surface area (Å²) in [5, 5.41) is 0. The second kappa shape index (κ2) is 5.65. The summed E-state index contributed by atoms with van der Waals surface area (Å²) >= 11 is 3.52. The maximum Gasteiger partial charge on any atom is 0.310 e. The largest absolute Gasteiger partial charge is 0.461 e. The third-order valence-corrected chi connectivity index (χ3v) is 6.51. The predicted molar refractivity (Wildman–Crippen MR) is 82.9 cm³/mol. The van der Waals surface area contributed by atoms with Crippen LogP contribution in [0.2, 0.25) is 0 Å². The van der Waals surface area contributed by atoms with Crippen LogP contribution in [-0.4, -0.2) is 35.3 Å². The van der Waals surface area contributed by atoms with Gasteiger partial charge in [-0.25, -0.2) is 4.39 Å². The first-order valence-electron chi connectivity index (χ1n) is 7.77. The number of benzene rings is 1. The fraction of sp³-hybridized carbons (Fsp3) is 0.471. The number of esters is 2. The van der Waals surface area contributed by atoms with Gasteiger partial charge in [0.1, 0.15) is 11.9 Å². The molecule has 1 saturated heterocycles. The number of rotatable bonds is 4. The van der Waals surface area contributed by atoms with Crippen molar-refractivity contribution in [3.8, 4) is 0 Å². The molecule has 2 bridgehead atoms. The highest BCUT2D eigenvalue weighted by Crippen LogP contribution is 2.60. The summed E-state index contributed by atoms with van der Waals surface area (Å²) in [5.41, 5.74) is 0.274. The molecule has 2 saturated carbocycles. The molecular formula is C17H14BrFO5. The third kappa shape index (κ3) is 2.29. The van der Waals surface area contributed by atoms with Gasteiger partial charge in [-0.15, -0.1) is 0 Å². The quantitative estimate of drug-likeness (QED) is 0.442. The molecule has 0 unspecified atom stereocenters. The minimum Gasteiger partial charge on any atom is -0.461 e. The number of hydrogen-bond donors (Lipinski definition) is 0. The minimum absolute atomic E-state index is 0.00938. The second-order valence-electron chi connectivity index (χ2n) is 6.50. The van der Waals surface area contributed by atoms with Crippen molar-refractivity contribution in [1.82, 2.24) is 0 Å². The fourth-order valence-electron chi connectivity index (χ4n) is 4.25. The van der Waals surface area contributed by atoms with E-state index in [4.69, 9.17) is 9.47 Å². The van der Waals surface area contributed by atoms with Crippen molar-refractivity contribution in [1.29, 1.82) is 0 Å². The average Bonchev–Trinajstić information content (AvgIpc) is 3.17. The number of ketones is 1. The Bertz CT molecular complexity index is 718. The normalized spacial score (nSPS) is 35.8. The van der Waals surface area contributed by atoms with Gasteiger partial charge in [0.15, 0.2) is 12.4 Å². The molecule has 0 spiro atoms. The molecule has 0 radical (unpaired) electrons. The first kappa shape index (κ1) is 15.7. The Balaban J connectivity index is 1.43. The zero-order valence-electron chi connectivity index (χ0n) is 12.5. The monoisotopic (exact) mass is 396 g/mol. The van der Waals surface area contributed by atoms with Crippen LogP contribution in [0.15, 0.2) is 24.3 Å². The van der Waals surface area contributed by atoms with E-state index in [2.05, 4.69) is 15.9 Å². The van der Waals surface area contributed by atoms with Crippen LogP contribution in [-0.2, 0) is 19.1 Å². The number of halogens is 2. The Morgan fingerprint density at radius 1 is 1.25 bits per heavy atom. The topological polar surface area (TPSA) is 69.7 Å². The molecule has 1 aromatic carbocycles. The maximum atomic E-state index is 12.9. The molecule has 7 heteroatoms. The lowest BCUT2D eigenvalue weighted by atomic mass is 9.80. The number of alkyl halides is 1. The van der Waals surface area contributed by atoms with E-state index in [0.29, 0.717) is 0 Å². The molecule has 0 N–H and O–H groups in total. The van der Waals surface area contributed by atoms with Crippen LogP contribution in [0.4, 0.5) is 4.39 Å². The standard InChI is InChI=1S/C17H14BrFO5/c18-14-9-5-10-13(17(22)24-15(10)14)12(9)16(21)23-6-11(20)7-1-3-8(19)4-2-7/h1-4,9-10,12-15H,5-6H2/t9-,10-,12-,13+,14-,15+/m1/s1. The van der Waals surface area contributed by atoms with Gasteiger partial charge in [-0.2, -0.15) is 0 Å². The zero-order chi connectivity index (χ0) is 17.0. The van der Waals surface area contributed by atoms with Crippen molar-refractivity contribution < 1.29 is 28.2 Å². The van der Waals surface area contributed by atoms with Crippen LogP contribution < -0.4 is 0 Å². The van der Waals surface area contributed by atoms with E-state index in [1.165, 1.54) is 24.3 Å². The molecule has 1 heterocycles. The Morgan fingerprint density at radius 3 is 2.67 bits per heavy atom. The van der Waals surface area contributed by atoms with Gasteiger partial charge in [0.2, 0.25) is 0 Å². The number of carbonyl (C=O) groups excluding carboxylic acids is 3. The van der Waals surface area contributed by atoms with E-state index in [-0.39, 0.29) is 34.3 Å². The molecule has 1 aromatic rings. The Kier molecular flexibility index (Phi) is 3.71. The van der Waals surface area contributed by atoms with E-state index in [1.807, 2.05) is 0 Å². The van der Waals surface area contributed by atoms with E-state index < -0.39 is 36.0 Å². The second-order valence-corrected chi connectivity index (χ2v) is 7.56. The summed E-state index contributed by atoms with van der Waals surface area (Å²) in [6.07, 6.45) is 0.597. The Hall–Kier alpha value is -1.76. The van der Waals surface area contributed by atoms with Gasteiger partial charge in [0.25, 0.3) is 0 Å². The van der Waals surface area contributed by atoms with Gasteiger partial charge in [0.05, 0.1) is 16.7 Å². The molecule has 4 rings (SSSR count). The van der Waals surface area contributed by atoms with Crippen LogP contribution in [0.25, 0.3) is 0 Å². The van der Waals surface area contributed by atoms with Crippen LogP contribution in [0, 0.1) is 29.5 Å². The lowest BCUT2D eigenvalue weighted by molar-refractivity contribution is -0.154. The molecule has 2 aliphatic carbocycles. The van der Waals surface area contributed by atoms with Crippen molar-refractivity contribution in [3.05, 3.63) is 35.6 Å². The molecule has 24 heavy (non-hydrogen) atoms. The van der Waals surface area contributed by atoms with Crippen LogP contribution in [0.5, 0.6) is 0 Å². The molecule has 0 aromatic heterocycles. The molecule has 6 atom stereocenters. The number of carbonyl (C=O) groups is 3. The third-order valence-electron chi connectivity index (χ3n) is 5.31. The van der Waals surface area contributed by atoms with E-state index in [9.17, 15) is 18.8 Å². The zero-order valence-corrected chi connectivity index (χ0v) is 14.1. The molecule has 5 nitrogen and oxygen atoms in total. The molecule has 126 valence electrons. The lowest BCUT2D eigenvalue weighted by Gasteiger charge is -2.26. The van der Waals surface area contributed by atoms with E-state index in [1.54, 1.807) is 0 Å². The minimum atomic E-state index is -0.563. The Morgan fingerprint density at radius 2 is 1.96 bits per heavy atom. The van der Waals surface area contributed by atoms with Gasteiger partial charge in [-0.05, 0) is 36.6 Å². The Labute approximate surface area is 145 Å². The van der Waals surface area contributed by atoms with Crippen molar-refractivity contribution in [2.24, 2.45) is 23.7 Å². The van der Waals surface area contributed by atoms with Gasteiger partial charge in [0, 0.05) is 11.5 Å². The van der Waals surface area contributed by atoms with Gasteiger partial charge >= 0.3 is 11.9 Å². The molecule has 3 aliphatic rings. The summed E-state index contributed by atoms with van der Waals surface area (Å²) in [6.45, 7) is -0.420. The molecule has 3 fully saturated rings. The van der Waals surface area contributed by atoms with E-state index >= 15 is 0 Å². The van der Waals surface area contributed by atoms with Crippen LogP contribution >= 0.6 is 15.9 Å². The maximum absolute atomic E-state index is 12.9. The molecule has 1 aliphatic heterocycles. The summed E-state index contributed by atoms with van der Waals surface area (Å²) in [6, 6.07) is 5.04. The van der Waals surface area contributed by atoms with Crippen LogP contribution in [0.3, 0.4) is 0 Å². The lowest BCUT2D eigenvalue weighted by Crippen LogP contribution is -2.39. The highest BCUT2D eigenvalue weighted by Gasteiger charge is 2.68. The van der Waals surface area contributed by atoms with Crippen molar-refractivity contribution in [3.63, 3.8) is 0 Å². The SMILES string of the molecule is O=C(COC(=O)[C@@H]1[C@H]2C[C@H]3[C@H](OC(=O)[C@@H]31)[C@@H]2Br)c1ccc(F)cc1. The highest BCUT2D eigenvalue weighted by atomic mass is 79.9. The smallest absolute Gasteiger partial charge is 0.310 e. The fourth-order valence-corrected chi connectivity index (χ4v) is 5.29. The summed E-state index contributed by atoms with van der Waals surface area (Å²) in [5.74, 6) is -2.71. The summed E-state index contributed by atoms with van der Waals surface area (Å²) < 4.78 is 23.4. The van der Waals surface area contributed by atoms with Crippen molar-refractivity contribution in [2.75, 3.05) is 6.61 Å². The molecule has 0 amide bonds. The average molecular weight is 397 g/mol. The van der Waals surface area contributed by atoms with Gasteiger partial charge in [-0.1, -0.05) is 15.9 Å². The first-order chi connectivity index (χ1) is 11.5. The number of Topliss-reactive ketones (excluding diaryl/α,β-unsaturated/α-hetero) is 1.